The Bertz CT molecular complexity index is 905. The fourth-order valence-electron chi connectivity index (χ4n) is 3.49. The van der Waals surface area contributed by atoms with Crippen LogP contribution in [0.4, 0.5) is 0 Å². The van der Waals surface area contributed by atoms with E-state index in [0.717, 1.165) is 35.3 Å². The highest BCUT2D eigenvalue weighted by Gasteiger charge is 2.24. The molecule has 0 bridgehead atoms. The van der Waals surface area contributed by atoms with Crippen molar-refractivity contribution in [3.8, 4) is 0 Å². The van der Waals surface area contributed by atoms with Crippen LogP contribution in [-0.2, 0) is 11.3 Å². The van der Waals surface area contributed by atoms with Gasteiger partial charge >= 0.3 is 0 Å². The summed E-state index contributed by atoms with van der Waals surface area (Å²) in [5, 5.41) is 11.8. The summed E-state index contributed by atoms with van der Waals surface area (Å²) in [7, 11) is 0. The van der Waals surface area contributed by atoms with E-state index in [1.54, 1.807) is 0 Å². The predicted octanol–water partition coefficient (Wildman–Crippen LogP) is 2.72. The number of aryl methyl sites for hydroxylation is 1. The number of nitrogens with zero attached hydrogens (tertiary/aromatic N) is 3. The molecule has 1 atom stereocenters. The van der Waals surface area contributed by atoms with Gasteiger partial charge in [0.15, 0.2) is 5.65 Å². The van der Waals surface area contributed by atoms with Gasteiger partial charge in [-0.05, 0) is 30.5 Å². The van der Waals surface area contributed by atoms with Crippen molar-refractivity contribution in [1.82, 2.24) is 25.4 Å². The number of pyridine rings is 1. The number of carbonyl (C=O) groups is 1. The first kappa shape index (κ1) is 16.7. The normalized spacial score (nSPS) is 15.7. The van der Waals surface area contributed by atoms with E-state index in [1.165, 1.54) is 5.56 Å². The van der Waals surface area contributed by atoms with Crippen LogP contribution in [0, 0.1) is 6.92 Å². The molecule has 1 fully saturated rings. The zero-order chi connectivity index (χ0) is 17.9. The maximum Gasteiger partial charge on any atom is 0.222 e. The van der Waals surface area contributed by atoms with E-state index in [4.69, 9.17) is 0 Å². The van der Waals surface area contributed by atoms with E-state index >= 15 is 0 Å². The van der Waals surface area contributed by atoms with Gasteiger partial charge < -0.3 is 10.2 Å². The van der Waals surface area contributed by atoms with Crippen molar-refractivity contribution < 1.29 is 4.79 Å². The minimum Gasteiger partial charge on any atom is -0.341 e. The number of aromatic nitrogens is 3. The molecule has 6 nitrogen and oxygen atoms in total. The number of carbonyl (C=O) groups excluding carboxylic acids is 1. The van der Waals surface area contributed by atoms with E-state index < -0.39 is 0 Å². The van der Waals surface area contributed by atoms with Gasteiger partial charge in [0.2, 0.25) is 5.91 Å². The summed E-state index contributed by atoms with van der Waals surface area (Å²) in [4.78, 5) is 18.4. The smallest absolute Gasteiger partial charge is 0.222 e. The fraction of sp³-hybridized carbons (Fsp3) is 0.350. The van der Waals surface area contributed by atoms with Crippen molar-refractivity contribution >= 4 is 16.9 Å². The average molecular weight is 349 g/mol. The molecule has 0 unspecified atom stereocenters. The maximum atomic E-state index is 12.0. The first-order valence-electron chi connectivity index (χ1n) is 9.06. The lowest BCUT2D eigenvalue weighted by Crippen LogP contribution is -2.35. The van der Waals surface area contributed by atoms with Crippen LogP contribution in [0.2, 0.25) is 0 Å². The minimum atomic E-state index is 0.0967. The fourth-order valence-corrected chi connectivity index (χ4v) is 3.49. The summed E-state index contributed by atoms with van der Waals surface area (Å²) >= 11 is 0. The van der Waals surface area contributed by atoms with Crippen LogP contribution in [0.15, 0.2) is 42.6 Å². The van der Waals surface area contributed by atoms with E-state index in [-0.39, 0.29) is 11.9 Å². The van der Waals surface area contributed by atoms with Crippen LogP contribution in [0.1, 0.15) is 35.7 Å². The Labute approximate surface area is 152 Å². The van der Waals surface area contributed by atoms with Gasteiger partial charge in [0.25, 0.3) is 0 Å². The molecule has 3 heterocycles. The van der Waals surface area contributed by atoms with Crippen molar-refractivity contribution in [2.45, 2.75) is 32.4 Å². The van der Waals surface area contributed by atoms with Crippen molar-refractivity contribution in [2.75, 3.05) is 13.1 Å². The molecule has 1 aliphatic rings. The monoisotopic (exact) mass is 349 g/mol. The van der Waals surface area contributed by atoms with E-state index in [0.29, 0.717) is 19.5 Å². The van der Waals surface area contributed by atoms with Gasteiger partial charge in [-0.15, -0.1) is 0 Å². The summed E-state index contributed by atoms with van der Waals surface area (Å²) in [5.41, 5.74) is 4.07. The Morgan fingerprint density at radius 1 is 1.31 bits per heavy atom. The van der Waals surface area contributed by atoms with E-state index in [1.807, 2.05) is 36.2 Å². The molecule has 2 aromatic heterocycles. The molecule has 0 spiro atoms. The number of hydrogen-bond acceptors (Lipinski definition) is 4. The minimum absolute atomic E-state index is 0.0967. The molecular weight excluding hydrogens is 326 g/mol. The molecule has 3 aromatic rings. The van der Waals surface area contributed by atoms with Crippen molar-refractivity contribution in [3.05, 3.63) is 59.4 Å². The van der Waals surface area contributed by atoms with Crippen LogP contribution in [0.25, 0.3) is 11.0 Å². The topological polar surface area (TPSA) is 73.9 Å². The Morgan fingerprint density at radius 2 is 2.15 bits per heavy atom. The van der Waals surface area contributed by atoms with Gasteiger partial charge in [0.05, 0.1) is 6.04 Å². The van der Waals surface area contributed by atoms with Crippen molar-refractivity contribution in [1.29, 1.82) is 0 Å². The summed E-state index contributed by atoms with van der Waals surface area (Å²) in [6, 6.07) is 12.5. The van der Waals surface area contributed by atoms with Gasteiger partial charge in [-0.3, -0.25) is 9.89 Å². The largest absolute Gasteiger partial charge is 0.341 e. The molecule has 2 N–H and O–H groups in total. The molecule has 0 saturated carbocycles. The Kier molecular flexibility index (Phi) is 4.67. The highest BCUT2D eigenvalue weighted by atomic mass is 16.2. The van der Waals surface area contributed by atoms with Gasteiger partial charge in [-0.2, -0.15) is 5.10 Å². The molecule has 26 heavy (non-hydrogen) atoms. The predicted molar refractivity (Wildman–Crippen MR) is 100 cm³/mol. The molecule has 1 amide bonds. The first-order valence-corrected chi connectivity index (χ1v) is 9.06. The van der Waals surface area contributed by atoms with E-state index in [2.05, 4.69) is 38.7 Å². The SMILES string of the molecule is Cc1[nH]nc2ncc(CN[C@H](CN3CCCC3=O)c3ccccc3)cc12. The Balaban J connectivity index is 1.51. The second-order valence-electron chi connectivity index (χ2n) is 6.85. The second-order valence-corrected chi connectivity index (χ2v) is 6.85. The van der Waals surface area contributed by atoms with Crippen LogP contribution < -0.4 is 5.32 Å². The molecule has 1 aromatic carbocycles. The Hall–Kier alpha value is -2.73. The average Bonchev–Trinajstić information content (AvgIpc) is 3.25. The highest BCUT2D eigenvalue weighted by Crippen LogP contribution is 2.20. The molecule has 1 aliphatic heterocycles. The molecular formula is C20H23N5O. The third-order valence-electron chi connectivity index (χ3n) is 4.99. The van der Waals surface area contributed by atoms with Gasteiger partial charge in [0, 0.05) is 43.3 Å². The lowest BCUT2D eigenvalue weighted by Gasteiger charge is -2.25. The molecule has 4 rings (SSSR count). The number of amides is 1. The molecule has 6 heteroatoms. The van der Waals surface area contributed by atoms with Crippen LogP contribution in [0.3, 0.4) is 0 Å². The lowest BCUT2D eigenvalue weighted by molar-refractivity contribution is -0.128. The molecule has 0 radical (unpaired) electrons. The second kappa shape index (κ2) is 7.25. The molecule has 134 valence electrons. The number of aromatic amines is 1. The number of likely N-dealkylation sites (tertiary alicyclic amines) is 1. The summed E-state index contributed by atoms with van der Waals surface area (Å²) in [6.45, 7) is 4.24. The number of benzene rings is 1. The number of rotatable bonds is 6. The van der Waals surface area contributed by atoms with Gasteiger partial charge in [0.1, 0.15) is 0 Å². The van der Waals surface area contributed by atoms with E-state index in [9.17, 15) is 4.79 Å². The summed E-state index contributed by atoms with van der Waals surface area (Å²) in [6.07, 6.45) is 3.49. The third kappa shape index (κ3) is 3.46. The molecule has 0 aliphatic carbocycles. The summed E-state index contributed by atoms with van der Waals surface area (Å²) in [5.74, 6) is 0.254. The first-order chi connectivity index (χ1) is 12.7. The number of hydrogen-bond donors (Lipinski definition) is 2. The van der Waals surface area contributed by atoms with Gasteiger partial charge in [-0.25, -0.2) is 4.98 Å². The number of nitrogens with one attached hydrogen (secondary N) is 2. The quantitative estimate of drug-likeness (QED) is 0.718. The third-order valence-corrected chi connectivity index (χ3v) is 4.99. The highest BCUT2D eigenvalue weighted by molar-refractivity contribution is 5.78. The van der Waals surface area contributed by atoms with Crippen LogP contribution in [0.5, 0.6) is 0 Å². The number of H-pyrrole nitrogens is 1. The van der Waals surface area contributed by atoms with Gasteiger partial charge in [-0.1, -0.05) is 30.3 Å². The van der Waals surface area contributed by atoms with Crippen LogP contribution in [-0.4, -0.2) is 39.1 Å². The Morgan fingerprint density at radius 3 is 2.92 bits per heavy atom. The van der Waals surface area contributed by atoms with Crippen molar-refractivity contribution in [3.63, 3.8) is 0 Å². The molecule has 1 saturated heterocycles. The standard InChI is InChI=1S/C20H23N5O/c1-14-17-10-15(12-22-20(17)24-23-14)11-21-18(16-6-3-2-4-7-16)13-25-9-5-8-19(25)26/h2-4,6-7,10,12,18,21H,5,8-9,11,13H2,1H3,(H,22,23,24)/t18-/m1/s1. The van der Waals surface area contributed by atoms with Crippen molar-refractivity contribution in [2.24, 2.45) is 0 Å². The van der Waals surface area contributed by atoms with Crippen LogP contribution >= 0.6 is 0 Å². The lowest BCUT2D eigenvalue weighted by atomic mass is 10.1. The number of fused-ring (bicyclic) bond motifs is 1. The summed E-state index contributed by atoms with van der Waals surface area (Å²) < 4.78 is 0. The zero-order valence-electron chi connectivity index (χ0n) is 14.9. The maximum absolute atomic E-state index is 12.0. The zero-order valence-corrected chi connectivity index (χ0v) is 14.9.